The molecule has 4 nitrogen and oxygen atoms in total. The molecule has 0 bridgehead atoms. The van der Waals surface area contributed by atoms with Gasteiger partial charge in [-0.15, -0.1) is 0 Å². The van der Waals surface area contributed by atoms with E-state index in [4.69, 9.17) is 0 Å². The molecule has 0 fully saturated rings. The number of allylic oxidation sites excluding steroid dienone is 2. The van der Waals surface area contributed by atoms with E-state index < -0.39 is 0 Å². The number of carbonyl (C=O) groups is 1. The summed E-state index contributed by atoms with van der Waals surface area (Å²) in [6.45, 7) is 0.625. The lowest BCUT2D eigenvalue weighted by molar-refractivity contribution is -0.112. The van der Waals surface area contributed by atoms with Gasteiger partial charge in [0.1, 0.15) is 5.71 Å². The number of hydrogen-bond donors (Lipinski definition) is 2. The fraction of sp³-hybridized carbons (Fsp3) is 0.0833. The lowest BCUT2D eigenvalue weighted by atomic mass is 10.0. The third kappa shape index (κ3) is 2.79. The smallest absolute Gasteiger partial charge is 0.170 e. The van der Waals surface area contributed by atoms with Crippen LogP contribution >= 0.6 is 0 Å². The molecule has 28 heavy (non-hydrogen) atoms. The zero-order chi connectivity index (χ0) is 18.9. The molecule has 0 spiro atoms. The van der Waals surface area contributed by atoms with Crippen molar-refractivity contribution >= 4 is 22.8 Å². The molecular formula is C24H19N3O. The molecule has 1 aliphatic heterocycles. The second-order valence-electron chi connectivity index (χ2n) is 6.96. The topological polar surface area (TPSA) is 53.5 Å². The summed E-state index contributed by atoms with van der Waals surface area (Å²) in [5, 5.41) is 8.12. The molecule has 2 aliphatic rings. The van der Waals surface area contributed by atoms with Crippen molar-refractivity contribution in [1.29, 1.82) is 0 Å². The summed E-state index contributed by atoms with van der Waals surface area (Å²) in [5.74, 6) is 0.132. The van der Waals surface area contributed by atoms with Gasteiger partial charge in [0, 0.05) is 17.7 Å². The molecule has 0 saturated carbocycles. The van der Waals surface area contributed by atoms with Crippen LogP contribution in [-0.2, 0) is 17.8 Å². The summed E-state index contributed by atoms with van der Waals surface area (Å²) in [6, 6.07) is 26.2. The van der Waals surface area contributed by atoms with Crippen LogP contribution in [0.3, 0.4) is 0 Å². The minimum Gasteiger partial charge on any atom is -0.353 e. The van der Waals surface area contributed by atoms with Gasteiger partial charge in [0.2, 0.25) is 0 Å². The SMILES string of the molecule is O=C1Cc2ccccc2/C1=C1/Nc2ccccc2/C1=N\NCc1ccccc1. The number of rotatable bonds is 3. The number of nitrogens with zero attached hydrogens (tertiary/aromatic N) is 1. The highest BCUT2D eigenvalue weighted by Gasteiger charge is 2.33. The van der Waals surface area contributed by atoms with Gasteiger partial charge >= 0.3 is 0 Å². The van der Waals surface area contributed by atoms with E-state index in [0.717, 1.165) is 44.9 Å². The summed E-state index contributed by atoms with van der Waals surface area (Å²) in [6.07, 6.45) is 0.442. The van der Waals surface area contributed by atoms with Crippen LogP contribution in [0, 0.1) is 0 Å². The average Bonchev–Trinajstić information content (AvgIpc) is 3.25. The fourth-order valence-corrected chi connectivity index (χ4v) is 3.83. The van der Waals surface area contributed by atoms with Gasteiger partial charge in [-0.1, -0.05) is 72.8 Å². The van der Waals surface area contributed by atoms with Crippen molar-refractivity contribution < 1.29 is 4.79 Å². The molecule has 136 valence electrons. The summed E-state index contributed by atoms with van der Waals surface area (Å²) in [5.41, 5.74) is 10.7. The van der Waals surface area contributed by atoms with E-state index in [1.807, 2.05) is 66.7 Å². The molecule has 0 saturated heterocycles. The predicted molar refractivity (Wildman–Crippen MR) is 112 cm³/mol. The van der Waals surface area contributed by atoms with Crippen molar-refractivity contribution in [3.63, 3.8) is 0 Å². The molecule has 4 heteroatoms. The number of para-hydroxylation sites is 1. The Balaban J connectivity index is 1.58. The predicted octanol–water partition coefficient (Wildman–Crippen LogP) is 4.14. The van der Waals surface area contributed by atoms with Crippen LogP contribution in [0.2, 0.25) is 0 Å². The molecule has 0 radical (unpaired) electrons. The lowest BCUT2D eigenvalue weighted by Gasteiger charge is -2.08. The summed E-state index contributed by atoms with van der Waals surface area (Å²) in [4.78, 5) is 12.8. The molecule has 3 aromatic rings. The highest BCUT2D eigenvalue weighted by Crippen LogP contribution is 2.37. The van der Waals surface area contributed by atoms with Gasteiger partial charge in [-0.05, 0) is 22.8 Å². The van der Waals surface area contributed by atoms with Crippen LogP contribution in [0.4, 0.5) is 5.69 Å². The van der Waals surface area contributed by atoms with Gasteiger partial charge in [0.25, 0.3) is 0 Å². The molecule has 0 atom stereocenters. The average molecular weight is 365 g/mol. The molecule has 0 aromatic heterocycles. The van der Waals surface area contributed by atoms with Crippen molar-refractivity contribution in [3.05, 3.63) is 107 Å². The van der Waals surface area contributed by atoms with Crippen LogP contribution in [-0.4, -0.2) is 11.5 Å². The van der Waals surface area contributed by atoms with Gasteiger partial charge in [-0.25, -0.2) is 0 Å². The molecular weight excluding hydrogens is 346 g/mol. The van der Waals surface area contributed by atoms with Crippen molar-refractivity contribution in [2.24, 2.45) is 5.10 Å². The molecule has 3 aromatic carbocycles. The number of nitrogens with one attached hydrogen (secondary N) is 2. The summed E-state index contributed by atoms with van der Waals surface area (Å²) in [7, 11) is 0. The monoisotopic (exact) mass is 365 g/mol. The van der Waals surface area contributed by atoms with E-state index >= 15 is 0 Å². The Morgan fingerprint density at radius 1 is 0.857 bits per heavy atom. The van der Waals surface area contributed by atoms with Gasteiger partial charge in [0.15, 0.2) is 5.78 Å². The summed E-state index contributed by atoms with van der Waals surface area (Å²) < 4.78 is 0. The van der Waals surface area contributed by atoms with Gasteiger partial charge in [-0.2, -0.15) is 5.10 Å². The van der Waals surface area contributed by atoms with Crippen molar-refractivity contribution in [2.45, 2.75) is 13.0 Å². The van der Waals surface area contributed by atoms with E-state index in [1.165, 1.54) is 0 Å². The normalized spacial score (nSPS) is 18.7. The third-order valence-electron chi connectivity index (χ3n) is 5.16. The molecule has 1 aliphatic carbocycles. The van der Waals surface area contributed by atoms with E-state index in [9.17, 15) is 4.79 Å². The van der Waals surface area contributed by atoms with E-state index in [-0.39, 0.29) is 5.78 Å². The number of hydrazone groups is 1. The van der Waals surface area contributed by atoms with E-state index in [2.05, 4.69) is 28.0 Å². The van der Waals surface area contributed by atoms with Gasteiger partial charge in [-0.3, -0.25) is 4.79 Å². The molecule has 2 N–H and O–H groups in total. The number of Topliss-reactive ketones (excluding diaryl/α,β-unsaturated/α-hetero) is 1. The quantitative estimate of drug-likeness (QED) is 0.542. The van der Waals surface area contributed by atoms with Crippen molar-refractivity contribution in [1.82, 2.24) is 5.43 Å². The number of fused-ring (bicyclic) bond motifs is 2. The number of ketones is 1. The Morgan fingerprint density at radius 3 is 2.43 bits per heavy atom. The Labute approximate surface area is 163 Å². The van der Waals surface area contributed by atoms with Gasteiger partial charge in [0.05, 0.1) is 17.8 Å². The maximum absolute atomic E-state index is 12.8. The molecule has 5 rings (SSSR count). The van der Waals surface area contributed by atoms with E-state index in [1.54, 1.807) is 0 Å². The van der Waals surface area contributed by atoms with Crippen LogP contribution in [0.15, 0.2) is 89.7 Å². The Morgan fingerprint density at radius 2 is 1.57 bits per heavy atom. The Kier molecular flexibility index (Phi) is 4.02. The maximum atomic E-state index is 12.8. The lowest BCUT2D eigenvalue weighted by Crippen LogP contribution is -2.14. The minimum absolute atomic E-state index is 0.132. The first-order valence-corrected chi connectivity index (χ1v) is 9.38. The Hall–Kier alpha value is -3.66. The first-order chi connectivity index (χ1) is 13.8. The van der Waals surface area contributed by atoms with Crippen LogP contribution in [0.5, 0.6) is 0 Å². The zero-order valence-corrected chi connectivity index (χ0v) is 15.3. The first kappa shape index (κ1) is 16.5. The van der Waals surface area contributed by atoms with E-state index in [0.29, 0.717) is 13.0 Å². The molecule has 0 amide bonds. The standard InChI is InChI=1S/C24H19N3O/c28-21-14-17-10-4-5-11-18(17)22(21)24-23(19-12-6-7-13-20(19)26-24)27-25-15-16-8-2-1-3-9-16/h1-13,25-26H,14-15H2/b24-22-,27-23+. The van der Waals surface area contributed by atoms with Crippen LogP contribution in [0.1, 0.15) is 22.3 Å². The zero-order valence-electron chi connectivity index (χ0n) is 15.3. The second kappa shape index (κ2) is 6.82. The molecule has 1 heterocycles. The van der Waals surface area contributed by atoms with Crippen molar-refractivity contribution in [2.75, 3.05) is 5.32 Å². The Bertz CT molecular complexity index is 1130. The number of hydrogen-bond acceptors (Lipinski definition) is 4. The largest absolute Gasteiger partial charge is 0.353 e. The maximum Gasteiger partial charge on any atom is 0.170 e. The van der Waals surface area contributed by atoms with Crippen molar-refractivity contribution in [3.8, 4) is 0 Å². The first-order valence-electron chi connectivity index (χ1n) is 9.38. The summed E-state index contributed by atoms with van der Waals surface area (Å²) >= 11 is 0. The number of anilines is 1. The third-order valence-corrected chi connectivity index (χ3v) is 5.16. The second-order valence-corrected chi connectivity index (χ2v) is 6.96. The number of benzene rings is 3. The van der Waals surface area contributed by atoms with Crippen LogP contribution < -0.4 is 10.7 Å². The highest BCUT2D eigenvalue weighted by atomic mass is 16.1. The fourth-order valence-electron chi connectivity index (χ4n) is 3.83. The molecule has 0 unspecified atom stereocenters. The highest BCUT2D eigenvalue weighted by molar-refractivity contribution is 6.36. The minimum atomic E-state index is 0.132. The van der Waals surface area contributed by atoms with Gasteiger partial charge < -0.3 is 10.7 Å². The van der Waals surface area contributed by atoms with Crippen LogP contribution in [0.25, 0.3) is 5.57 Å². The number of carbonyl (C=O) groups excluding carboxylic acids is 1.